The fraction of sp³-hybridized carbons (Fsp3) is 0.933. The highest BCUT2D eigenvalue weighted by Crippen LogP contribution is 2.26. The van der Waals surface area contributed by atoms with Crippen molar-refractivity contribution in [2.45, 2.75) is 71.8 Å². The molecule has 3 unspecified atom stereocenters. The Balaban J connectivity index is 2.68. The average molecular weight is 308 g/mol. The first-order valence-electron chi connectivity index (χ1n) is 7.79. The molecule has 1 saturated heterocycles. The Morgan fingerprint density at radius 1 is 1.29 bits per heavy atom. The zero-order valence-corrected chi connectivity index (χ0v) is 13.3. The molecule has 0 aromatic heterocycles. The van der Waals surface area contributed by atoms with Crippen LogP contribution in [-0.4, -0.2) is 35.7 Å². The molecule has 1 rings (SSSR count). The number of amides is 1. The quantitative estimate of drug-likeness (QED) is 0.780. The van der Waals surface area contributed by atoms with Crippen molar-refractivity contribution in [1.29, 1.82) is 0 Å². The third kappa shape index (κ3) is 5.49. The van der Waals surface area contributed by atoms with E-state index in [1.165, 1.54) is 0 Å². The van der Waals surface area contributed by atoms with Crippen LogP contribution in [0.1, 0.15) is 53.4 Å². The standard InChI is InChI=1S/C15H27F3N2O/c1-5-11(4)13-14(21)20(8-6-7-15(16,17)18)12(19-13)9-10(2)3/h10-13,19H,5-9H2,1-4H3. The van der Waals surface area contributed by atoms with Gasteiger partial charge in [0.05, 0.1) is 12.2 Å². The Morgan fingerprint density at radius 3 is 2.38 bits per heavy atom. The molecule has 0 aliphatic carbocycles. The van der Waals surface area contributed by atoms with Crippen LogP contribution in [0.2, 0.25) is 0 Å². The summed E-state index contributed by atoms with van der Waals surface area (Å²) >= 11 is 0. The summed E-state index contributed by atoms with van der Waals surface area (Å²) in [5.41, 5.74) is 0. The Hall–Kier alpha value is -0.780. The van der Waals surface area contributed by atoms with Crippen molar-refractivity contribution in [3.63, 3.8) is 0 Å². The lowest BCUT2D eigenvalue weighted by Crippen LogP contribution is -2.39. The molecule has 21 heavy (non-hydrogen) atoms. The zero-order chi connectivity index (χ0) is 16.2. The van der Waals surface area contributed by atoms with Gasteiger partial charge in [0.15, 0.2) is 0 Å². The van der Waals surface area contributed by atoms with Crippen molar-refractivity contribution in [2.75, 3.05) is 6.54 Å². The lowest BCUT2D eigenvalue weighted by atomic mass is 9.99. The summed E-state index contributed by atoms with van der Waals surface area (Å²) in [6, 6.07) is -0.260. The summed E-state index contributed by atoms with van der Waals surface area (Å²) in [6.07, 6.45) is -3.51. The van der Waals surface area contributed by atoms with Gasteiger partial charge in [-0.2, -0.15) is 13.2 Å². The van der Waals surface area contributed by atoms with E-state index >= 15 is 0 Å². The second-order valence-electron chi connectivity index (χ2n) is 6.43. The molecule has 0 radical (unpaired) electrons. The number of nitrogens with zero attached hydrogens (tertiary/aromatic N) is 1. The number of alkyl halides is 3. The Kier molecular flexibility index (Phi) is 6.50. The van der Waals surface area contributed by atoms with Gasteiger partial charge < -0.3 is 4.90 Å². The van der Waals surface area contributed by atoms with Crippen LogP contribution >= 0.6 is 0 Å². The van der Waals surface area contributed by atoms with Crippen molar-refractivity contribution in [1.82, 2.24) is 10.2 Å². The van der Waals surface area contributed by atoms with Crippen LogP contribution in [0.15, 0.2) is 0 Å². The molecule has 3 nitrogen and oxygen atoms in total. The van der Waals surface area contributed by atoms with E-state index in [0.29, 0.717) is 5.92 Å². The van der Waals surface area contributed by atoms with Gasteiger partial charge in [-0.1, -0.05) is 34.1 Å². The molecule has 1 aliphatic heterocycles. The summed E-state index contributed by atoms with van der Waals surface area (Å²) in [4.78, 5) is 14.0. The first-order chi connectivity index (χ1) is 9.65. The summed E-state index contributed by atoms with van der Waals surface area (Å²) < 4.78 is 36.8. The summed E-state index contributed by atoms with van der Waals surface area (Å²) in [5, 5.41) is 3.32. The third-order valence-electron chi connectivity index (χ3n) is 4.06. The third-order valence-corrected chi connectivity index (χ3v) is 4.06. The van der Waals surface area contributed by atoms with Crippen LogP contribution < -0.4 is 5.32 Å². The normalized spacial score (nSPS) is 25.0. The zero-order valence-electron chi connectivity index (χ0n) is 13.3. The SMILES string of the molecule is CCC(C)C1NC(CC(C)C)N(CCCC(F)(F)F)C1=O. The van der Waals surface area contributed by atoms with E-state index in [-0.39, 0.29) is 37.0 Å². The van der Waals surface area contributed by atoms with Gasteiger partial charge in [0, 0.05) is 13.0 Å². The van der Waals surface area contributed by atoms with Gasteiger partial charge in [-0.3, -0.25) is 10.1 Å². The maximum absolute atomic E-state index is 12.4. The Bertz CT molecular complexity index is 344. The van der Waals surface area contributed by atoms with E-state index in [0.717, 1.165) is 12.8 Å². The second kappa shape index (κ2) is 7.47. The molecule has 0 bridgehead atoms. The van der Waals surface area contributed by atoms with Gasteiger partial charge in [-0.25, -0.2) is 0 Å². The van der Waals surface area contributed by atoms with Crippen LogP contribution in [0.3, 0.4) is 0 Å². The molecule has 124 valence electrons. The monoisotopic (exact) mass is 308 g/mol. The number of rotatable bonds is 7. The average Bonchev–Trinajstić information content (AvgIpc) is 2.64. The Morgan fingerprint density at radius 2 is 1.90 bits per heavy atom. The molecule has 1 fully saturated rings. The highest BCUT2D eigenvalue weighted by Gasteiger charge is 2.41. The van der Waals surface area contributed by atoms with Gasteiger partial charge in [0.2, 0.25) is 5.91 Å². The molecule has 0 aromatic carbocycles. The minimum atomic E-state index is -4.15. The molecular weight excluding hydrogens is 281 g/mol. The molecule has 6 heteroatoms. The van der Waals surface area contributed by atoms with Crippen molar-refractivity contribution in [3.8, 4) is 0 Å². The van der Waals surface area contributed by atoms with Crippen LogP contribution in [0.5, 0.6) is 0 Å². The van der Waals surface area contributed by atoms with Crippen LogP contribution in [0.4, 0.5) is 13.2 Å². The smallest absolute Gasteiger partial charge is 0.326 e. The summed E-state index contributed by atoms with van der Waals surface area (Å²) in [7, 11) is 0. The van der Waals surface area contributed by atoms with E-state index in [2.05, 4.69) is 19.2 Å². The van der Waals surface area contributed by atoms with Gasteiger partial charge in [0.1, 0.15) is 0 Å². The fourth-order valence-electron chi connectivity index (χ4n) is 2.70. The van der Waals surface area contributed by atoms with Crippen LogP contribution in [0, 0.1) is 11.8 Å². The maximum atomic E-state index is 12.4. The predicted octanol–water partition coefficient (Wildman–Crippen LogP) is 3.55. The van der Waals surface area contributed by atoms with Gasteiger partial charge in [0.25, 0.3) is 0 Å². The number of carbonyl (C=O) groups excluding carboxylic acids is 1. The first kappa shape index (κ1) is 18.3. The van der Waals surface area contributed by atoms with E-state index in [1.54, 1.807) is 4.90 Å². The summed E-state index contributed by atoms with van der Waals surface area (Å²) in [5.74, 6) is 0.535. The van der Waals surface area contributed by atoms with Gasteiger partial charge in [-0.15, -0.1) is 0 Å². The molecule has 1 amide bonds. The molecule has 1 heterocycles. The van der Waals surface area contributed by atoms with Crippen LogP contribution in [0.25, 0.3) is 0 Å². The topological polar surface area (TPSA) is 32.3 Å². The molecule has 0 saturated carbocycles. The highest BCUT2D eigenvalue weighted by atomic mass is 19.4. The Labute approximate surface area is 125 Å². The number of hydrogen-bond donors (Lipinski definition) is 1. The fourth-order valence-corrected chi connectivity index (χ4v) is 2.70. The van der Waals surface area contributed by atoms with Gasteiger partial charge in [-0.05, 0) is 24.7 Å². The van der Waals surface area contributed by atoms with Crippen molar-refractivity contribution in [3.05, 3.63) is 0 Å². The minimum Gasteiger partial charge on any atom is -0.326 e. The van der Waals surface area contributed by atoms with Crippen molar-refractivity contribution in [2.24, 2.45) is 11.8 Å². The largest absolute Gasteiger partial charge is 0.389 e. The molecular formula is C15H27F3N2O. The molecule has 1 aliphatic rings. The van der Waals surface area contributed by atoms with E-state index in [9.17, 15) is 18.0 Å². The predicted molar refractivity (Wildman–Crippen MR) is 76.6 cm³/mol. The minimum absolute atomic E-state index is 0.0290. The lowest BCUT2D eigenvalue weighted by molar-refractivity contribution is -0.140. The number of nitrogens with one attached hydrogen (secondary N) is 1. The molecule has 1 N–H and O–H groups in total. The highest BCUT2D eigenvalue weighted by molar-refractivity contribution is 5.84. The first-order valence-corrected chi connectivity index (χ1v) is 7.79. The molecule has 0 spiro atoms. The van der Waals surface area contributed by atoms with E-state index < -0.39 is 12.6 Å². The van der Waals surface area contributed by atoms with Crippen molar-refractivity contribution < 1.29 is 18.0 Å². The second-order valence-corrected chi connectivity index (χ2v) is 6.43. The number of hydrogen-bond acceptors (Lipinski definition) is 2. The maximum Gasteiger partial charge on any atom is 0.389 e. The number of carbonyl (C=O) groups is 1. The molecule has 0 aromatic rings. The van der Waals surface area contributed by atoms with E-state index in [4.69, 9.17) is 0 Å². The van der Waals surface area contributed by atoms with E-state index in [1.807, 2.05) is 13.8 Å². The summed E-state index contributed by atoms with van der Waals surface area (Å²) in [6.45, 7) is 8.30. The lowest BCUT2D eigenvalue weighted by Gasteiger charge is -2.25. The molecule has 3 atom stereocenters. The van der Waals surface area contributed by atoms with Gasteiger partial charge >= 0.3 is 6.18 Å². The van der Waals surface area contributed by atoms with Crippen LogP contribution in [-0.2, 0) is 4.79 Å². The number of halogens is 3. The van der Waals surface area contributed by atoms with Crippen molar-refractivity contribution >= 4 is 5.91 Å².